The normalized spacial score (nSPS) is 20.4. The first-order chi connectivity index (χ1) is 12.3. The quantitative estimate of drug-likeness (QED) is 0.771. The van der Waals surface area contributed by atoms with Gasteiger partial charge in [-0.15, -0.1) is 12.4 Å². The molecule has 2 N–H and O–H groups in total. The molecule has 1 aliphatic heterocycles. The summed E-state index contributed by atoms with van der Waals surface area (Å²) in [6.07, 6.45) is 1.83. The number of benzene rings is 1. The van der Waals surface area contributed by atoms with E-state index in [-0.39, 0.29) is 29.3 Å². The summed E-state index contributed by atoms with van der Waals surface area (Å²) in [6.45, 7) is 9.51. The van der Waals surface area contributed by atoms with Crippen LogP contribution in [0.4, 0.5) is 0 Å². The molecule has 0 aliphatic carbocycles. The van der Waals surface area contributed by atoms with Crippen LogP contribution in [-0.2, 0) is 10.0 Å². The van der Waals surface area contributed by atoms with Gasteiger partial charge in [0.1, 0.15) is 0 Å². The highest BCUT2D eigenvalue weighted by Crippen LogP contribution is 2.26. The van der Waals surface area contributed by atoms with Crippen molar-refractivity contribution in [3.8, 4) is 0 Å². The van der Waals surface area contributed by atoms with E-state index < -0.39 is 10.0 Å². The lowest BCUT2D eigenvalue weighted by atomic mass is 9.91. The van der Waals surface area contributed by atoms with Crippen molar-refractivity contribution in [1.82, 2.24) is 9.21 Å². The fraction of sp³-hybridized carbons (Fsp3) is 0.632. The Morgan fingerprint density at radius 1 is 1.30 bits per heavy atom. The molecule has 1 amide bonds. The van der Waals surface area contributed by atoms with Crippen LogP contribution in [0.5, 0.6) is 0 Å². The number of amides is 1. The van der Waals surface area contributed by atoms with Crippen LogP contribution in [-0.4, -0.2) is 55.8 Å². The van der Waals surface area contributed by atoms with Gasteiger partial charge in [0.05, 0.1) is 4.90 Å². The van der Waals surface area contributed by atoms with Gasteiger partial charge in [-0.3, -0.25) is 4.79 Å². The highest BCUT2D eigenvalue weighted by Gasteiger charge is 2.31. The lowest BCUT2D eigenvalue weighted by Crippen LogP contribution is -2.49. The molecule has 0 aromatic heterocycles. The highest BCUT2D eigenvalue weighted by atomic mass is 35.5. The number of rotatable bonds is 6. The van der Waals surface area contributed by atoms with Crippen LogP contribution in [0, 0.1) is 12.8 Å². The molecule has 1 aliphatic rings. The van der Waals surface area contributed by atoms with E-state index >= 15 is 0 Å². The first kappa shape index (κ1) is 23.9. The summed E-state index contributed by atoms with van der Waals surface area (Å²) in [5.41, 5.74) is 7.12. The average molecular weight is 418 g/mol. The van der Waals surface area contributed by atoms with Crippen molar-refractivity contribution >= 4 is 28.3 Å². The summed E-state index contributed by atoms with van der Waals surface area (Å²) in [4.78, 5) is 15.1. The van der Waals surface area contributed by atoms with Gasteiger partial charge in [-0.25, -0.2) is 8.42 Å². The Labute approximate surface area is 169 Å². The van der Waals surface area contributed by atoms with Gasteiger partial charge in [0.25, 0.3) is 5.91 Å². The number of aryl methyl sites for hydroxylation is 1. The molecule has 0 spiro atoms. The fourth-order valence-electron chi connectivity index (χ4n) is 3.60. The number of hydrogen-bond donors (Lipinski definition) is 1. The van der Waals surface area contributed by atoms with Crippen LogP contribution in [0.3, 0.4) is 0 Å². The monoisotopic (exact) mass is 417 g/mol. The van der Waals surface area contributed by atoms with Crippen molar-refractivity contribution in [2.24, 2.45) is 11.7 Å². The molecule has 8 heteroatoms. The van der Waals surface area contributed by atoms with Gasteiger partial charge in [0.15, 0.2) is 0 Å². The van der Waals surface area contributed by atoms with E-state index in [9.17, 15) is 13.2 Å². The van der Waals surface area contributed by atoms with Crippen molar-refractivity contribution in [1.29, 1.82) is 0 Å². The maximum Gasteiger partial charge on any atom is 0.254 e. The largest absolute Gasteiger partial charge is 0.334 e. The molecule has 154 valence electrons. The third-order valence-corrected chi connectivity index (χ3v) is 7.34. The Bertz CT molecular complexity index is 751. The molecule has 1 fully saturated rings. The lowest BCUT2D eigenvalue weighted by molar-refractivity contribution is 0.0572. The molecule has 27 heavy (non-hydrogen) atoms. The SMILES string of the molecule is CCN(CC)S(=O)(=O)c1ccc(C)c(C(=O)N2CCC(C)CC2CN)c1.Cl. The molecule has 0 bridgehead atoms. The number of hydrogen-bond acceptors (Lipinski definition) is 4. The van der Waals surface area contributed by atoms with Gasteiger partial charge >= 0.3 is 0 Å². The molecular formula is C19H32ClN3O3S. The molecule has 0 saturated carbocycles. The predicted octanol–water partition coefficient (Wildman–Crippen LogP) is 2.65. The molecule has 6 nitrogen and oxygen atoms in total. The van der Waals surface area contributed by atoms with Crippen LogP contribution in [0.2, 0.25) is 0 Å². The Morgan fingerprint density at radius 3 is 2.48 bits per heavy atom. The third-order valence-electron chi connectivity index (χ3n) is 5.29. The smallest absolute Gasteiger partial charge is 0.254 e. The molecule has 1 aromatic rings. The molecule has 1 heterocycles. The average Bonchev–Trinajstić information content (AvgIpc) is 2.62. The number of carbonyl (C=O) groups is 1. The lowest BCUT2D eigenvalue weighted by Gasteiger charge is -2.38. The second-order valence-corrected chi connectivity index (χ2v) is 9.02. The van der Waals surface area contributed by atoms with E-state index in [1.54, 1.807) is 12.1 Å². The standard InChI is InChI=1S/C19H31N3O3S.ClH/c1-5-21(6-2)26(24,25)17-8-7-15(4)18(12-17)19(23)22-10-9-14(3)11-16(22)13-20;/h7-8,12,14,16H,5-6,9-11,13,20H2,1-4H3;1H. The summed E-state index contributed by atoms with van der Waals surface area (Å²) in [5, 5.41) is 0. The van der Waals surface area contributed by atoms with Crippen LogP contribution < -0.4 is 5.73 Å². The zero-order chi connectivity index (χ0) is 19.5. The van der Waals surface area contributed by atoms with Crippen molar-refractivity contribution < 1.29 is 13.2 Å². The highest BCUT2D eigenvalue weighted by molar-refractivity contribution is 7.89. The van der Waals surface area contributed by atoms with Gasteiger partial charge in [-0.1, -0.05) is 26.8 Å². The van der Waals surface area contributed by atoms with Crippen molar-refractivity contribution in [3.63, 3.8) is 0 Å². The van der Waals surface area contributed by atoms with Crippen molar-refractivity contribution in [2.45, 2.75) is 51.5 Å². The van der Waals surface area contributed by atoms with E-state index in [4.69, 9.17) is 5.73 Å². The maximum absolute atomic E-state index is 13.1. The van der Waals surface area contributed by atoms with E-state index in [1.165, 1.54) is 10.4 Å². The zero-order valence-electron chi connectivity index (χ0n) is 16.6. The van der Waals surface area contributed by atoms with Crippen molar-refractivity contribution in [3.05, 3.63) is 29.3 Å². The van der Waals surface area contributed by atoms with Gasteiger partial charge in [-0.2, -0.15) is 4.31 Å². The number of nitrogens with zero attached hydrogens (tertiary/aromatic N) is 2. The Kier molecular flexibility index (Phi) is 8.73. The minimum Gasteiger partial charge on any atom is -0.334 e. The number of halogens is 1. The van der Waals surface area contributed by atoms with E-state index in [0.29, 0.717) is 37.7 Å². The van der Waals surface area contributed by atoms with E-state index in [0.717, 1.165) is 18.4 Å². The first-order valence-corrected chi connectivity index (χ1v) is 10.8. The van der Waals surface area contributed by atoms with Gasteiger partial charge in [-0.05, 0) is 43.4 Å². The van der Waals surface area contributed by atoms with Crippen LogP contribution in [0.25, 0.3) is 0 Å². The van der Waals surface area contributed by atoms with Gasteiger partial charge in [0.2, 0.25) is 10.0 Å². The Hall–Kier alpha value is -1.15. The van der Waals surface area contributed by atoms with Gasteiger partial charge in [0, 0.05) is 37.8 Å². The van der Waals surface area contributed by atoms with Crippen LogP contribution in [0.15, 0.2) is 23.1 Å². The summed E-state index contributed by atoms with van der Waals surface area (Å²) in [6, 6.07) is 4.83. The minimum absolute atomic E-state index is 0. The molecular weight excluding hydrogens is 386 g/mol. The van der Waals surface area contributed by atoms with Crippen LogP contribution in [0.1, 0.15) is 49.5 Å². The molecule has 2 unspecified atom stereocenters. The van der Waals surface area contributed by atoms with Crippen molar-refractivity contribution in [2.75, 3.05) is 26.2 Å². The Morgan fingerprint density at radius 2 is 1.93 bits per heavy atom. The first-order valence-electron chi connectivity index (χ1n) is 9.38. The molecule has 2 atom stereocenters. The topological polar surface area (TPSA) is 83.7 Å². The maximum atomic E-state index is 13.1. The third kappa shape index (κ3) is 5.02. The van der Waals surface area contributed by atoms with Gasteiger partial charge < -0.3 is 10.6 Å². The molecule has 0 radical (unpaired) electrons. The predicted molar refractivity (Wildman–Crippen MR) is 111 cm³/mol. The van der Waals surface area contributed by atoms with Crippen LogP contribution >= 0.6 is 12.4 Å². The summed E-state index contributed by atoms with van der Waals surface area (Å²) in [7, 11) is -3.59. The molecule has 1 aromatic carbocycles. The molecule has 1 saturated heterocycles. The number of carbonyl (C=O) groups excluding carboxylic acids is 1. The number of nitrogens with two attached hydrogens (primary N) is 1. The van der Waals surface area contributed by atoms with E-state index in [2.05, 4.69) is 6.92 Å². The second kappa shape index (κ2) is 9.87. The Balaban J connectivity index is 0.00000364. The molecule has 2 rings (SSSR count). The second-order valence-electron chi connectivity index (χ2n) is 7.08. The fourth-order valence-corrected chi connectivity index (χ4v) is 5.09. The summed E-state index contributed by atoms with van der Waals surface area (Å²) >= 11 is 0. The number of sulfonamides is 1. The number of piperidine rings is 1. The zero-order valence-corrected chi connectivity index (χ0v) is 18.3. The number of likely N-dealkylation sites (tertiary alicyclic amines) is 1. The summed E-state index contributed by atoms with van der Waals surface area (Å²) in [5.74, 6) is 0.421. The summed E-state index contributed by atoms with van der Waals surface area (Å²) < 4.78 is 27.0. The van der Waals surface area contributed by atoms with E-state index in [1.807, 2.05) is 25.7 Å². The minimum atomic E-state index is -3.59.